The van der Waals surface area contributed by atoms with Crippen molar-refractivity contribution in [1.29, 1.82) is 0 Å². The molecule has 1 aliphatic rings. The van der Waals surface area contributed by atoms with E-state index >= 15 is 0 Å². The maximum atomic E-state index is 11.4. The van der Waals surface area contributed by atoms with Gasteiger partial charge in [-0.2, -0.15) is 0 Å². The average Bonchev–Trinajstić information content (AvgIpc) is 2.48. The maximum Gasteiger partial charge on any atom is 0.337 e. The molecule has 0 bridgehead atoms. The van der Waals surface area contributed by atoms with Crippen LogP contribution in [-0.4, -0.2) is 44.2 Å². The average molecular weight is 262 g/mol. The standard InChI is InChI=1S/C15H22N2O2/c1-19-15(18)13-6-5-7-14(12-13)16-8-11-17-9-3-2-4-10-17/h5-7,12,16H,2-4,8-11H2,1H3. The first-order valence-electron chi connectivity index (χ1n) is 6.94. The molecular formula is C15H22N2O2. The van der Waals surface area contributed by atoms with Gasteiger partial charge in [0.15, 0.2) is 0 Å². The van der Waals surface area contributed by atoms with Gasteiger partial charge in [-0.05, 0) is 44.1 Å². The third-order valence-corrected chi connectivity index (χ3v) is 3.49. The summed E-state index contributed by atoms with van der Waals surface area (Å²) in [6.07, 6.45) is 4.00. The smallest absolute Gasteiger partial charge is 0.337 e. The number of benzene rings is 1. The van der Waals surface area contributed by atoms with Gasteiger partial charge in [-0.3, -0.25) is 0 Å². The Kier molecular flexibility index (Phi) is 5.21. The van der Waals surface area contributed by atoms with Crippen LogP contribution < -0.4 is 5.32 Å². The minimum atomic E-state index is -0.292. The van der Waals surface area contributed by atoms with Gasteiger partial charge in [0, 0.05) is 18.8 Å². The molecule has 0 radical (unpaired) electrons. The van der Waals surface area contributed by atoms with E-state index in [1.807, 2.05) is 18.2 Å². The normalized spacial score (nSPS) is 16.1. The lowest BCUT2D eigenvalue weighted by Gasteiger charge is -2.26. The predicted molar refractivity (Wildman–Crippen MR) is 76.6 cm³/mol. The highest BCUT2D eigenvalue weighted by atomic mass is 16.5. The number of likely N-dealkylation sites (tertiary alicyclic amines) is 1. The number of hydrogen-bond donors (Lipinski definition) is 1. The van der Waals surface area contributed by atoms with Crippen molar-refractivity contribution in [3.63, 3.8) is 0 Å². The second-order valence-corrected chi connectivity index (χ2v) is 4.90. The van der Waals surface area contributed by atoms with Crippen LogP contribution in [0.15, 0.2) is 24.3 Å². The second kappa shape index (κ2) is 7.14. The van der Waals surface area contributed by atoms with Crippen molar-refractivity contribution in [2.75, 3.05) is 38.6 Å². The molecule has 2 rings (SSSR count). The lowest BCUT2D eigenvalue weighted by atomic mass is 10.1. The van der Waals surface area contributed by atoms with E-state index in [4.69, 9.17) is 4.74 Å². The zero-order valence-electron chi connectivity index (χ0n) is 11.5. The van der Waals surface area contributed by atoms with Gasteiger partial charge in [0.2, 0.25) is 0 Å². The van der Waals surface area contributed by atoms with Gasteiger partial charge in [-0.25, -0.2) is 4.79 Å². The van der Waals surface area contributed by atoms with E-state index in [9.17, 15) is 4.79 Å². The molecule has 0 unspecified atom stereocenters. The molecule has 1 heterocycles. The van der Waals surface area contributed by atoms with Gasteiger partial charge in [0.1, 0.15) is 0 Å². The number of nitrogens with zero attached hydrogens (tertiary/aromatic N) is 1. The lowest BCUT2D eigenvalue weighted by molar-refractivity contribution is 0.0601. The van der Waals surface area contributed by atoms with E-state index in [2.05, 4.69) is 10.2 Å². The minimum Gasteiger partial charge on any atom is -0.465 e. The fraction of sp³-hybridized carbons (Fsp3) is 0.533. The second-order valence-electron chi connectivity index (χ2n) is 4.90. The van der Waals surface area contributed by atoms with Gasteiger partial charge in [0.05, 0.1) is 12.7 Å². The number of anilines is 1. The molecule has 19 heavy (non-hydrogen) atoms. The summed E-state index contributed by atoms with van der Waals surface area (Å²) in [5.41, 5.74) is 1.56. The first kappa shape index (κ1) is 13.9. The van der Waals surface area contributed by atoms with E-state index in [1.54, 1.807) is 6.07 Å². The van der Waals surface area contributed by atoms with Crippen LogP contribution in [0.5, 0.6) is 0 Å². The van der Waals surface area contributed by atoms with E-state index in [1.165, 1.54) is 39.5 Å². The van der Waals surface area contributed by atoms with Crippen molar-refractivity contribution < 1.29 is 9.53 Å². The summed E-state index contributed by atoms with van der Waals surface area (Å²) < 4.78 is 4.72. The quantitative estimate of drug-likeness (QED) is 0.827. The molecular weight excluding hydrogens is 240 g/mol. The molecule has 0 aliphatic carbocycles. The third-order valence-electron chi connectivity index (χ3n) is 3.49. The monoisotopic (exact) mass is 262 g/mol. The van der Waals surface area contributed by atoms with E-state index in [-0.39, 0.29) is 5.97 Å². The molecule has 104 valence electrons. The Balaban J connectivity index is 1.80. The number of esters is 1. The van der Waals surface area contributed by atoms with Gasteiger partial charge in [-0.15, -0.1) is 0 Å². The molecule has 1 aromatic carbocycles. The van der Waals surface area contributed by atoms with Crippen molar-refractivity contribution in [2.45, 2.75) is 19.3 Å². The number of piperidine rings is 1. The third kappa shape index (κ3) is 4.24. The van der Waals surface area contributed by atoms with Crippen molar-refractivity contribution in [1.82, 2.24) is 4.90 Å². The van der Waals surface area contributed by atoms with Crippen molar-refractivity contribution in [2.24, 2.45) is 0 Å². The number of methoxy groups -OCH3 is 1. The summed E-state index contributed by atoms with van der Waals surface area (Å²) >= 11 is 0. The van der Waals surface area contributed by atoms with Gasteiger partial charge in [-0.1, -0.05) is 12.5 Å². The highest BCUT2D eigenvalue weighted by Crippen LogP contribution is 2.12. The van der Waals surface area contributed by atoms with E-state index in [0.717, 1.165) is 18.8 Å². The van der Waals surface area contributed by atoms with Crippen LogP contribution in [0.25, 0.3) is 0 Å². The molecule has 0 aromatic heterocycles. The Labute approximate surface area is 114 Å². The van der Waals surface area contributed by atoms with Crippen molar-refractivity contribution in [3.05, 3.63) is 29.8 Å². The number of hydrogen-bond acceptors (Lipinski definition) is 4. The lowest BCUT2D eigenvalue weighted by Crippen LogP contribution is -2.33. The van der Waals surface area contributed by atoms with Crippen LogP contribution in [0.3, 0.4) is 0 Å². The SMILES string of the molecule is COC(=O)c1cccc(NCCN2CCCCC2)c1. The molecule has 1 saturated heterocycles. The van der Waals surface area contributed by atoms with Crippen molar-refractivity contribution in [3.8, 4) is 0 Å². The molecule has 4 heteroatoms. The molecule has 1 aromatic rings. The number of carbonyl (C=O) groups is 1. The summed E-state index contributed by atoms with van der Waals surface area (Å²) in [5.74, 6) is -0.292. The summed E-state index contributed by atoms with van der Waals surface area (Å²) in [4.78, 5) is 13.9. The highest BCUT2D eigenvalue weighted by molar-refractivity contribution is 5.90. The van der Waals surface area contributed by atoms with Gasteiger partial charge >= 0.3 is 5.97 Å². The van der Waals surface area contributed by atoms with Crippen LogP contribution in [0.1, 0.15) is 29.6 Å². The largest absolute Gasteiger partial charge is 0.465 e. The summed E-state index contributed by atoms with van der Waals surface area (Å²) in [7, 11) is 1.40. The molecule has 1 aliphatic heterocycles. The number of ether oxygens (including phenoxy) is 1. The first-order valence-corrected chi connectivity index (χ1v) is 6.94. The summed E-state index contributed by atoms with van der Waals surface area (Å²) in [6.45, 7) is 4.39. The minimum absolute atomic E-state index is 0.292. The highest BCUT2D eigenvalue weighted by Gasteiger charge is 2.09. The number of rotatable bonds is 5. The van der Waals surface area contributed by atoms with E-state index in [0.29, 0.717) is 5.56 Å². The Bertz CT molecular complexity index is 414. The Morgan fingerprint density at radius 2 is 2.11 bits per heavy atom. The Morgan fingerprint density at radius 3 is 2.84 bits per heavy atom. The molecule has 0 saturated carbocycles. The fourth-order valence-electron chi connectivity index (χ4n) is 2.42. The van der Waals surface area contributed by atoms with Crippen molar-refractivity contribution >= 4 is 11.7 Å². The molecule has 0 amide bonds. The Hall–Kier alpha value is -1.55. The molecule has 0 spiro atoms. The van der Waals surface area contributed by atoms with Gasteiger partial charge in [0.25, 0.3) is 0 Å². The number of carbonyl (C=O) groups excluding carboxylic acids is 1. The van der Waals surface area contributed by atoms with E-state index < -0.39 is 0 Å². The molecule has 1 N–H and O–H groups in total. The molecule has 0 atom stereocenters. The Morgan fingerprint density at radius 1 is 1.32 bits per heavy atom. The summed E-state index contributed by atoms with van der Waals surface area (Å²) in [5, 5.41) is 3.36. The molecule has 1 fully saturated rings. The van der Waals surface area contributed by atoms with Gasteiger partial charge < -0.3 is 15.0 Å². The topological polar surface area (TPSA) is 41.6 Å². The van der Waals surface area contributed by atoms with Crippen LogP contribution in [0.4, 0.5) is 5.69 Å². The fourth-order valence-corrected chi connectivity index (χ4v) is 2.42. The van der Waals surface area contributed by atoms with Crippen LogP contribution >= 0.6 is 0 Å². The predicted octanol–water partition coefficient (Wildman–Crippen LogP) is 2.37. The molecule has 4 nitrogen and oxygen atoms in total. The first-order chi connectivity index (χ1) is 9.29. The maximum absolute atomic E-state index is 11.4. The number of nitrogens with one attached hydrogen (secondary N) is 1. The zero-order valence-corrected chi connectivity index (χ0v) is 11.5. The zero-order chi connectivity index (χ0) is 13.5. The van der Waals surface area contributed by atoms with Crippen LogP contribution in [-0.2, 0) is 4.74 Å². The van der Waals surface area contributed by atoms with Crippen LogP contribution in [0.2, 0.25) is 0 Å². The summed E-state index contributed by atoms with van der Waals surface area (Å²) in [6, 6.07) is 7.45. The van der Waals surface area contributed by atoms with Crippen LogP contribution in [0, 0.1) is 0 Å².